The minimum Gasteiger partial charge on any atom is -0.339 e. The van der Waals surface area contributed by atoms with Gasteiger partial charge in [0.15, 0.2) is 6.54 Å². The molecule has 1 aliphatic rings. The van der Waals surface area contributed by atoms with Crippen molar-refractivity contribution in [3.63, 3.8) is 0 Å². The molecule has 0 heterocycles. The number of benzene rings is 2. The number of amides is 2. The maximum absolute atomic E-state index is 14.0. The summed E-state index contributed by atoms with van der Waals surface area (Å²) >= 11 is 0. The fraction of sp³-hybridized carbons (Fsp3) is 0.391. The van der Waals surface area contributed by atoms with E-state index in [1.54, 1.807) is 41.3 Å². The Hall–Kier alpha value is -2.73. The summed E-state index contributed by atoms with van der Waals surface area (Å²) in [4.78, 5) is 27.8. The number of anilines is 1. The van der Waals surface area contributed by atoms with Crippen molar-refractivity contribution in [2.24, 2.45) is 0 Å². The third-order valence-corrected chi connectivity index (χ3v) is 5.38. The van der Waals surface area contributed by atoms with Crippen LogP contribution in [0.4, 0.5) is 10.1 Å². The molecular formula is C23H29FN3O2+. The summed E-state index contributed by atoms with van der Waals surface area (Å²) in [5, 5.41) is 2.90. The number of nitrogens with zero attached hydrogens (tertiary/aromatic N) is 1. The maximum Gasteiger partial charge on any atom is 0.279 e. The molecule has 0 radical (unpaired) electrons. The van der Waals surface area contributed by atoms with Gasteiger partial charge in [-0.05, 0) is 44.2 Å². The van der Waals surface area contributed by atoms with Crippen LogP contribution in [0, 0.1) is 5.82 Å². The van der Waals surface area contributed by atoms with E-state index in [1.165, 1.54) is 6.07 Å². The number of nitrogens with one attached hydrogen (secondary N) is 2. The second kappa shape index (κ2) is 9.65. The van der Waals surface area contributed by atoms with Gasteiger partial charge in [-0.25, -0.2) is 4.39 Å². The van der Waals surface area contributed by atoms with Crippen molar-refractivity contribution < 1.29 is 18.9 Å². The molecule has 3 rings (SSSR count). The van der Waals surface area contributed by atoms with Gasteiger partial charge in [-0.1, -0.05) is 18.2 Å². The molecule has 0 aromatic heterocycles. The SMILES string of the molecule is CCN(CC)C(=O)c1ccc(NC(=O)C[NH+](Cc2ccccc2F)C2CC2)cc1. The number of hydrogen-bond acceptors (Lipinski definition) is 2. The topological polar surface area (TPSA) is 53.9 Å². The molecule has 1 aliphatic carbocycles. The summed E-state index contributed by atoms with van der Waals surface area (Å²) in [6, 6.07) is 14.1. The normalized spacial score (nSPS) is 14.3. The highest BCUT2D eigenvalue weighted by Gasteiger charge is 2.35. The van der Waals surface area contributed by atoms with Gasteiger partial charge in [0.05, 0.1) is 6.04 Å². The van der Waals surface area contributed by atoms with E-state index in [0.717, 1.165) is 17.7 Å². The molecule has 2 aromatic carbocycles. The minimum absolute atomic E-state index is 0.0119. The van der Waals surface area contributed by atoms with Crippen molar-refractivity contribution in [2.75, 3.05) is 25.0 Å². The molecule has 0 aliphatic heterocycles. The van der Waals surface area contributed by atoms with E-state index >= 15 is 0 Å². The van der Waals surface area contributed by atoms with E-state index in [9.17, 15) is 14.0 Å². The molecule has 2 N–H and O–H groups in total. The molecule has 1 saturated carbocycles. The summed E-state index contributed by atoms with van der Waals surface area (Å²) in [7, 11) is 0. The Morgan fingerprint density at radius 3 is 2.31 bits per heavy atom. The maximum atomic E-state index is 14.0. The van der Waals surface area contributed by atoms with Crippen LogP contribution in [0.1, 0.15) is 42.6 Å². The van der Waals surface area contributed by atoms with E-state index in [-0.39, 0.29) is 17.6 Å². The van der Waals surface area contributed by atoms with Crippen LogP contribution in [-0.2, 0) is 11.3 Å². The highest BCUT2D eigenvalue weighted by Crippen LogP contribution is 2.16. The Morgan fingerprint density at radius 1 is 1.07 bits per heavy atom. The molecule has 1 atom stereocenters. The number of carbonyl (C=O) groups excluding carboxylic acids is 2. The zero-order valence-corrected chi connectivity index (χ0v) is 17.1. The lowest BCUT2D eigenvalue weighted by atomic mass is 10.1. The van der Waals surface area contributed by atoms with Crippen LogP contribution < -0.4 is 10.2 Å². The van der Waals surface area contributed by atoms with Crippen molar-refractivity contribution in [2.45, 2.75) is 39.3 Å². The van der Waals surface area contributed by atoms with Crippen molar-refractivity contribution in [1.82, 2.24) is 4.90 Å². The molecule has 5 nitrogen and oxygen atoms in total. The monoisotopic (exact) mass is 398 g/mol. The van der Waals surface area contributed by atoms with E-state index in [2.05, 4.69) is 5.32 Å². The molecule has 2 aromatic rings. The average Bonchev–Trinajstić information content (AvgIpc) is 3.56. The number of quaternary nitrogens is 1. The third kappa shape index (κ3) is 5.64. The molecule has 1 unspecified atom stereocenters. The zero-order chi connectivity index (χ0) is 20.8. The number of halogens is 1. The lowest BCUT2D eigenvalue weighted by molar-refractivity contribution is -0.917. The van der Waals surface area contributed by atoms with Crippen molar-refractivity contribution in [3.05, 3.63) is 65.5 Å². The van der Waals surface area contributed by atoms with E-state index < -0.39 is 0 Å². The van der Waals surface area contributed by atoms with E-state index in [4.69, 9.17) is 0 Å². The lowest BCUT2D eigenvalue weighted by Gasteiger charge is -2.20. The summed E-state index contributed by atoms with van der Waals surface area (Å²) < 4.78 is 14.0. The fourth-order valence-electron chi connectivity index (χ4n) is 3.53. The molecule has 1 fully saturated rings. The quantitative estimate of drug-likeness (QED) is 0.682. The summed E-state index contributed by atoms with van der Waals surface area (Å²) in [5.74, 6) is -0.340. The fourth-order valence-corrected chi connectivity index (χ4v) is 3.53. The van der Waals surface area contributed by atoms with Gasteiger partial charge in [0.2, 0.25) is 0 Å². The van der Waals surface area contributed by atoms with Gasteiger partial charge in [-0.2, -0.15) is 0 Å². The van der Waals surface area contributed by atoms with Gasteiger partial charge in [-0.15, -0.1) is 0 Å². The first-order valence-electron chi connectivity index (χ1n) is 10.3. The first-order valence-corrected chi connectivity index (χ1v) is 10.3. The molecule has 0 saturated heterocycles. The third-order valence-electron chi connectivity index (χ3n) is 5.38. The highest BCUT2D eigenvalue weighted by molar-refractivity contribution is 5.96. The Kier molecular flexibility index (Phi) is 6.99. The number of rotatable bonds is 9. The van der Waals surface area contributed by atoms with Crippen LogP contribution in [0.5, 0.6) is 0 Å². The van der Waals surface area contributed by atoms with Gasteiger partial charge >= 0.3 is 0 Å². The summed E-state index contributed by atoms with van der Waals surface area (Å²) in [5.41, 5.74) is 1.91. The molecule has 0 spiro atoms. The van der Waals surface area contributed by atoms with Crippen molar-refractivity contribution >= 4 is 17.5 Å². The predicted octanol–water partition coefficient (Wildman–Crippen LogP) is 2.49. The largest absolute Gasteiger partial charge is 0.339 e. The van der Waals surface area contributed by atoms with Crippen LogP contribution in [0.25, 0.3) is 0 Å². The van der Waals surface area contributed by atoms with E-state index in [1.807, 2.05) is 19.9 Å². The lowest BCUT2D eigenvalue weighted by Crippen LogP contribution is -3.13. The van der Waals surface area contributed by atoms with Gasteiger partial charge < -0.3 is 15.1 Å². The van der Waals surface area contributed by atoms with Gasteiger partial charge in [-0.3, -0.25) is 9.59 Å². The zero-order valence-electron chi connectivity index (χ0n) is 17.1. The Morgan fingerprint density at radius 2 is 1.72 bits per heavy atom. The van der Waals surface area contributed by atoms with Crippen LogP contribution in [0.3, 0.4) is 0 Å². The number of carbonyl (C=O) groups is 2. The van der Waals surface area contributed by atoms with Crippen LogP contribution in [-0.4, -0.2) is 42.4 Å². The van der Waals surface area contributed by atoms with Crippen LogP contribution in [0.2, 0.25) is 0 Å². The molecule has 29 heavy (non-hydrogen) atoms. The van der Waals surface area contributed by atoms with Crippen molar-refractivity contribution in [1.29, 1.82) is 0 Å². The molecule has 2 amide bonds. The average molecular weight is 399 g/mol. The predicted molar refractivity (Wildman–Crippen MR) is 111 cm³/mol. The Labute approximate surface area is 171 Å². The molecular weight excluding hydrogens is 369 g/mol. The van der Waals surface area contributed by atoms with Gasteiger partial charge in [0.1, 0.15) is 12.4 Å². The molecule has 6 heteroatoms. The second-order valence-electron chi connectivity index (χ2n) is 7.48. The van der Waals surface area contributed by atoms with Gasteiger partial charge in [0, 0.05) is 42.7 Å². The van der Waals surface area contributed by atoms with Gasteiger partial charge in [0.25, 0.3) is 11.8 Å². The first kappa shape index (κ1) is 21.0. The summed E-state index contributed by atoms with van der Waals surface area (Å²) in [6.07, 6.45) is 2.14. The van der Waals surface area contributed by atoms with Crippen LogP contribution in [0.15, 0.2) is 48.5 Å². The Balaban J connectivity index is 1.59. The highest BCUT2D eigenvalue weighted by atomic mass is 19.1. The van der Waals surface area contributed by atoms with Crippen molar-refractivity contribution in [3.8, 4) is 0 Å². The van der Waals surface area contributed by atoms with E-state index in [0.29, 0.717) is 49.0 Å². The molecule has 0 bridgehead atoms. The summed E-state index contributed by atoms with van der Waals surface area (Å²) in [6.45, 7) is 6.02. The first-order chi connectivity index (χ1) is 14.0. The molecule has 154 valence electrons. The standard InChI is InChI=1S/C23H28FN3O2/c1-3-26(4-2)23(29)17-9-11-19(12-10-17)25-22(28)16-27(20-13-14-20)15-18-7-5-6-8-21(18)24/h5-12,20H,3-4,13-16H2,1-2H3,(H,25,28)/p+1. The second-order valence-corrected chi connectivity index (χ2v) is 7.48. The minimum atomic E-state index is -0.223. The smallest absolute Gasteiger partial charge is 0.279 e. The van der Waals surface area contributed by atoms with Crippen LogP contribution >= 0.6 is 0 Å². The Bertz CT molecular complexity index is 845. The number of hydrogen-bond donors (Lipinski definition) is 2.